The number of aliphatic hydroxyl groups is 1. The van der Waals surface area contributed by atoms with Crippen LogP contribution in [0.5, 0.6) is 0 Å². The first-order chi connectivity index (χ1) is 12.0. The van der Waals surface area contributed by atoms with Crippen LogP contribution in [0.15, 0.2) is 54.6 Å². The average molecular weight is 344 g/mol. The maximum Gasteiger partial charge on any atom is 0.358 e. The van der Waals surface area contributed by atoms with Crippen LogP contribution >= 0.6 is 0 Å². The van der Waals surface area contributed by atoms with Crippen molar-refractivity contribution in [2.24, 2.45) is 0 Å². The van der Waals surface area contributed by atoms with Crippen LogP contribution in [0.2, 0.25) is 0 Å². The van der Waals surface area contributed by atoms with E-state index in [1.165, 1.54) is 29.3 Å². The van der Waals surface area contributed by atoms with E-state index in [0.29, 0.717) is 11.1 Å². The molecular formula is C18H17FN2O4. The van der Waals surface area contributed by atoms with Crippen molar-refractivity contribution in [3.8, 4) is 0 Å². The fraction of sp³-hybridized carbons (Fsp3) is 0.222. The minimum absolute atomic E-state index is 0.00634. The zero-order valence-corrected chi connectivity index (χ0v) is 13.3. The van der Waals surface area contributed by atoms with Crippen LogP contribution in [0.1, 0.15) is 15.9 Å². The van der Waals surface area contributed by atoms with E-state index in [2.05, 4.69) is 0 Å². The normalized spacial score (nSPS) is 17.5. The Kier molecular flexibility index (Phi) is 5.06. The molecule has 0 bridgehead atoms. The van der Waals surface area contributed by atoms with Crippen molar-refractivity contribution in [1.29, 1.82) is 0 Å². The Bertz CT molecular complexity index is 751. The van der Waals surface area contributed by atoms with Gasteiger partial charge in [0.15, 0.2) is 0 Å². The molecule has 2 aromatic carbocycles. The largest absolute Gasteiger partial charge is 0.390 e. The highest BCUT2D eigenvalue weighted by Gasteiger charge is 2.35. The highest BCUT2D eigenvalue weighted by atomic mass is 19.1. The number of rotatable bonds is 4. The number of hydrogen-bond donors (Lipinski definition) is 1. The van der Waals surface area contributed by atoms with Crippen LogP contribution in [0.25, 0.3) is 0 Å². The van der Waals surface area contributed by atoms with E-state index in [-0.39, 0.29) is 31.2 Å². The van der Waals surface area contributed by atoms with Gasteiger partial charge in [-0.25, -0.2) is 14.2 Å². The number of halogens is 1. The number of amides is 1. The van der Waals surface area contributed by atoms with E-state index in [4.69, 9.17) is 4.84 Å². The Morgan fingerprint density at radius 1 is 1.08 bits per heavy atom. The van der Waals surface area contributed by atoms with Gasteiger partial charge in [0.25, 0.3) is 0 Å². The molecule has 1 saturated heterocycles. The van der Waals surface area contributed by atoms with Gasteiger partial charge in [-0.3, -0.25) is 4.79 Å². The number of hydrazine groups is 1. The summed E-state index contributed by atoms with van der Waals surface area (Å²) >= 11 is 0. The molecule has 0 aliphatic carbocycles. The summed E-state index contributed by atoms with van der Waals surface area (Å²) in [5.41, 5.74) is 0.969. The summed E-state index contributed by atoms with van der Waals surface area (Å²) in [6, 6.07) is 13.9. The lowest BCUT2D eigenvalue weighted by Gasteiger charge is -2.25. The van der Waals surface area contributed by atoms with Crippen LogP contribution in [0.4, 0.5) is 4.39 Å². The van der Waals surface area contributed by atoms with Gasteiger partial charge in [0.2, 0.25) is 5.91 Å². The summed E-state index contributed by atoms with van der Waals surface area (Å²) in [6.07, 6.45) is -0.812. The lowest BCUT2D eigenvalue weighted by atomic mass is 10.1. The van der Waals surface area contributed by atoms with Crippen LogP contribution in [0, 0.1) is 5.82 Å². The summed E-state index contributed by atoms with van der Waals surface area (Å²) < 4.78 is 12.9. The number of carbonyl (C=O) groups is 2. The van der Waals surface area contributed by atoms with Gasteiger partial charge in [-0.1, -0.05) is 30.3 Å². The Hall–Kier alpha value is -2.77. The number of benzene rings is 2. The SMILES string of the molecule is O=C(ON1CC(O)CN1C(=O)Cc1ccc(F)cc1)c1ccccc1. The second-order valence-electron chi connectivity index (χ2n) is 5.71. The molecule has 1 atom stereocenters. The molecule has 3 rings (SSSR count). The zero-order chi connectivity index (χ0) is 17.8. The molecule has 0 spiro atoms. The summed E-state index contributed by atoms with van der Waals surface area (Å²) in [4.78, 5) is 29.8. The molecular weight excluding hydrogens is 327 g/mol. The Labute approximate surface area is 144 Å². The number of aliphatic hydroxyl groups excluding tert-OH is 1. The highest BCUT2D eigenvalue weighted by Crippen LogP contribution is 2.16. The smallest absolute Gasteiger partial charge is 0.358 e. The van der Waals surface area contributed by atoms with E-state index < -0.39 is 12.1 Å². The van der Waals surface area contributed by atoms with Gasteiger partial charge in [-0.05, 0) is 35.0 Å². The number of β-amino-alcohol motifs (C(OH)–C–C–N with tert-alkyl or cyclic N) is 1. The highest BCUT2D eigenvalue weighted by molar-refractivity contribution is 5.89. The zero-order valence-electron chi connectivity index (χ0n) is 13.3. The maximum atomic E-state index is 12.9. The predicted molar refractivity (Wildman–Crippen MR) is 86.4 cm³/mol. The van der Waals surface area contributed by atoms with E-state index >= 15 is 0 Å². The molecule has 0 aromatic heterocycles. The summed E-state index contributed by atoms with van der Waals surface area (Å²) in [5, 5.41) is 12.1. The monoisotopic (exact) mass is 344 g/mol. The first-order valence-corrected chi connectivity index (χ1v) is 7.80. The first-order valence-electron chi connectivity index (χ1n) is 7.80. The molecule has 130 valence electrons. The Balaban J connectivity index is 1.67. The second-order valence-corrected chi connectivity index (χ2v) is 5.71. The standard InChI is InChI=1S/C18H17FN2O4/c19-15-8-6-13(7-9-15)10-17(23)20-11-16(22)12-21(20)25-18(24)14-4-2-1-3-5-14/h1-9,16,22H,10-12H2. The molecule has 7 heteroatoms. The van der Waals surface area contributed by atoms with Gasteiger partial charge in [-0.15, -0.1) is 0 Å². The van der Waals surface area contributed by atoms with Crippen molar-refractivity contribution in [1.82, 2.24) is 10.2 Å². The molecule has 25 heavy (non-hydrogen) atoms. The summed E-state index contributed by atoms with van der Waals surface area (Å²) in [6.45, 7) is 0.0375. The van der Waals surface area contributed by atoms with Crippen LogP contribution in [0.3, 0.4) is 0 Å². The third-order valence-corrected chi connectivity index (χ3v) is 3.77. The minimum Gasteiger partial charge on any atom is -0.390 e. The molecule has 1 amide bonds. The Morgan fingerprint density at radius 3 is 2.44 bits per heavy atom. The number of carbonyl (C=O) groups excluding carboxylic acids is 2. The molecule has 0 radical (unpaired) electrons. The molecule has 1 aliphatic heterocycles. The van der Waals surface area contributed by atoms with E-state index in [1.54, 1.807) is 30.3 Å². The quantitative estimate of drug-likeness (QED) is 0.912. The van der Waals surface area contributed by atoms with Crippen molar-refractivity contribution < 1.29 is 23.9 Å². The third kappa shape index (κ3) is 4.20. The maximum absolute atomic E-state index is 12.9. The molecule has 1 N–H and O–H groups in total. The number of nitrogens with zero attached hydrogens (tertiary/aromatic N) is 2. The fourth-order valence-electron chi connectivity index (χ4n) is 2.53. The molecule has 6 nitrogen and oxygen atoms in total. The van der Waals surface area contributed by atoms with Crippen molar-refractivity contribution >= 4 is 11.9 Å². The van der Waals surface area contributed by atoms with E-state index in [9.17, 15) is 19.1 Å². The van der Waals surface area contributed by atoms with Gasteiger partial charge >= 0.3 is 5.97 Å². The van der Waals surface area contributed by atoms with Gasteiger partial charge in [0, 0.05) is 0 Å². The van der Waals surface area contributed by atoms with Crippen LogP contribution < -0.4 is 0 Å². The lowest BCUT2D eigenvalue weighted by Crippen LogP contribution is -2.43. The second kappa shape index (κ2) is 7.42. The molecule has 1 aliphatic rings. The predicted octanol–water partition coefficient (Wildman–Crippen LogP) is 1.56. The average Bonchev–Trinajstić information content (AvgIpc) is 2.98. The topological polar surface area (TPSA) is 70.1 Å². The van der Waals surface area contributed by atoms with Crippen molar-refractivity contribution in [3.63, 3.8) is 0 Å². The molecule has 0 saturated carbocycles. The molecule has 1 unspecified atom stereocenters. The van der Waals surface area contributed by atoms with Crippen molar-refractivity contribution in [3.05, 3.63) is 71.5 Å². The Morgan fingerprint density at radius 2 is 1.76 bits per heavy atom. The molecule has 1 heterocycles. The van der Waals surface area contributed by atoms with Crippen LogP contribution in [-0.4, -0.2) is 46.4 Å². The lowest BCUT2D eigenvalue weighted by molar-refractivity contribution is -0.217. The van der Waals surface area contributed by atoms with Crippen LogP contribution in [-0.2, 0) is 16.1 Å². The van der Waals surface area contributed by atoms with Gasteiger partial charge in [0.05, 0.1) is 31.2 Å². The first kappa shape index (κ1) is 17.1. The number of hydrogen-bond acceptors (Lipinski definition) is 5. The third-order valence-electron chi connectivity index (χ3n) is 3.77. The van der Waals surface area contributed by atoms with E-state index in [0.717, 1.165) is 5.17 Å². The summed E-state index contributed by atoms with van der Waals surface area (Å²) in [5.74, 6) is -1.36. The summed E-state index contributed by atoms with van der Waals surface area (Å²) in [7, 11) is 0. The van der Waals surface area contributed by atoms with Gasteiger partial charge in [-0.2, -0.15) is 0 Å². The van der Waals surface area contributed by atoms with Gasteiger partial charge < -0.3 is 9.94 Å². The minimum atomic E-state index is -0.819. The van der Waals surface area contributed by atoms with Gasteiger partial charge in [0.1, 0.15) is 5.82 Å². The van der Waals surface area contributed by atoms with E-state index in [1.807, 2.05) is 0 Å². The number of hydroxylamine groups is 1. The van der Waals surface area contributed by atoms with Crippen molar-refractivity contribution in [2.75, 3.05) is 13.1 Å². The fourth-order valence-corrected chi connectivity index (χ4v) is 2.53. The molecule has 1 fully saturated rings. The molecule has 2 aromatic rings. The van der Waals surface area contributed by atoms with Crippen molar-refractivity contribution in [2.45, 2.75) is 12.5 Å².